The van der Waals surface area contributed by atoms with Crippen LogP contribution in [-0.4, -0.2) is 41.5 Å². The zero-order chi connectivity index (χ0) is 25.6. The first-order chi connectivity index (χ1) is 18.0. The maximum atomic E-state index is 13.2. The Kier molecular flexibility index (Phi) is 7.88. The number of carbonyl (C=O) groups excluding carboxylic acids is 1. The number of carbonyl (C=O) groups is 1. The molecule has 1 aliphatic heterocycles. The minimum Gasteiger partial charge on any atom is -0.319 e. The lowest BCUT2D eigenvalue weighted by Gasteiger charge is -2.41. The first-order valence-electron chi connectivity index (χ1n) is 12.8. The third kappa shape index (κ3) is 6.40. The second kappa shape index (κ2) is 11.6. The summed E-state index contributed by atoms with van der Waals surface area (Å²) in [6.07, 6.45) is 0.824. The molecule has 37 heavy (non-hydrogen) atoms. The van der Waals surface area contributed by atoms with Gasteiger partial charge in [0.2, 0.25) is 0 Å². The molecular formula is C32H32ClN3O. The van der Waals surface area contributed by atoms with E-state index in [-0.39, 0.29) is 12.1 Å². The molecule has 0 aromatic heterocycles. The van der Waals surface area contributed by atoms with E-state index in [4.69, 9.17) is 11.6 Å². The van der Waals surface area contributed by atoms with Crippen molar-refractivity contribution in [3.05, 3.63) is 125 Å². The third-order valence-corrected chi connectivity index (χ3v) is 7.29. The molecule has 0 radical (unpaired) electrons. The lowest BCUT2D eigenvalue weighted by molar-refractivity contribution is 0.0958. The molecule has 1 saturated heterocycles. The second-order valence-corrected chi connectivity index (χ2v) is 10.2. The van der Waals surface area contributed by atoms with Crippen LogP contribution in [0.25, 0.3) is 11.1 Å². The van der Waals surface area contributed by atoms with Crippen molar-refractivity contribution in [3.8, 4) is 11.1 Å². The molecule has 5 heteroatoms. The zero-order valence-electron chi connectivity index (χ0n) is 21.1. The molecule has 1 N–H and O–H groups in total. The predicted octanol–water partition coefficient (Wildman–Crippen LogP) is 7.28. The molecule has 1 fully saturated rings. The molecule has 2 amide bonds. The smallest absolute Gasteiger partial charge is 0.319 e. The van der Waals surface area contributed by atoms with Gasteiger partial charge in [0.05, 0.1) is 6.04 Å². The maximum absolute atomic E-state index is 13.2. The summed E-state index contributed by atoms with van der Waals surface area (Å²) in [5.41, 5.74) is 6.71. The Morgan fingerprint density at radius 1 is 0.865 bits per heavy atom. The first-order valence-corrected chi connectivity index (χ1v) is 13.2. The summed E-state index contributed by atoms with van der Waals surface area (Å²) in [5, 5.41) is 3.85. The van der Waals surface area contributed by atoms with Crippen molar-refractivity contribution in [2.45, 2.75) is 25.9 Å². The van der Waals surface area contributed by atoms with Crippen LogP contribution in [0.15, 0.2) is 103 Å². The number of benzene rings is 4. The van der Waals surface area contributed by atoms with Crippen LogP contribution >= 0.6 is 11.6 Å². The molecule has 0 spiro atoms. The van der Waals surface area contributed by atoms with Crippen molar-refractivity contribution in [1.82, 2.24) is 9.80 Å². The van der Waals surface area contributed by atoms with Crippen molar-refractivity contribution < 1.29 is 4.79 Å². The van der Waals surface area contributed by atoms with E-state index >= 15 is 0 Å². The zero-order valence-corrected chi connectivity index (χ0v) is 21.9. The summed E-state index contributed by atoms with van der Waals surface area (Å²) >= 11 is 6.45. The lowest BCUT2D eigenvalue weighted by Crippen LogP contribution is -2.56. The molecule has 0 aliphatic carbocycles. The highest BCUT2D eigenvalue weighted by molar-refractivity contribution is 6.33. The first kappa shape index (κ1) is 25.1. The van der Waals surface area contributed by atoms with Crippen molar-refractivity contribution in [3.63, 3.8) is 0 Å². The van der Waals surface area contributed by atoms with Crippen molar-refractivity contribution in [2.75, 3.05) is 25.0 Å². The number of aryl methyl sites for hydroxylation is 1. The number of hydrogen-bond donors (Lipinski definition) is 1. The molecule has 5 rings (SSSR count). The van der Waals surface area contributed by atoms with Crippen LogP contribution < -0.4 is 5.32 Å². The highest BCUT2D eigenvalue weighted by Gasteiger charge is 2.30. The fourth-order valence-corrected chi connectivity index (χ4v) is 5.24. The minimum atomic E-state index is -0.0360. The minimum absolute atomic E-state index is 0.0360. The fraction of sp³-hybridized carbons (Fsp3) is 0.219. The normalized spacial score (nSPS) is 15.9. The maximum Gasteiger partial charge on any atom is 0.322 e. The molecule has 1 heterocycles. The van der Waals surface area contributed by atoms with Crippen LogP contribution in [0.2, 0.25) is 5.02 Å². The number of nitrogens with zero attached hydrogens (tertiary/aromatic N) is 2. The summed E-state index contributed by atoms with van der Waals surface area (Å²) in [4.78, 5) is 17.7. The molecule has 4 nitrogen and oxygen atoms in total. The third-order valence-electron chi connectivity index (χ3n) is 6.96. The molecular weight excluding hydrogens is 478 g/mol. The van der Waals surface area contributed by atoms with E-state index in [1.165, 1.54) is 16.7 Å². The van der Waals surface area contributed by atoms with Gasteiger partial charge in [0, 0.05) is 42.5 Å². The predicted molar refractivity (Wildman–Crippen MR) is 153 cm³/mol. The molecule has 188 valence electrons. The highest BCUT2D eigenvalue weighted by Crippen LogP contribution is 2.29. The van der Waals surface area contributed by atoms with Gasteiger partial charge in [0.15, 0.2) is 0 Å². The molecule has 1 aliphatic rings. The fourth-order valence-electron chi connectivity index (χ4n) is 5.02. The number of halogens is 1. The van der Waals surface area contributed by atoms with Gasteiger partial charge < -0.3 is 10.2 Å². The van der Waals surface area contributed by atoms with Crippen LogP contribution in [-0.2, 0) is 13.0 Å². The van der Waals surface area contributed by atoms with E-state index in [0.29, 0.717) is 6.54 Å². The van der Waals surface area contributed by atoms with Crippen LogP contribution in [0.1, 0.15) is 16.7 Å². The van der Waals surface area contributed by atoms with E-state index in [0.717, 1.165) is 47.9 Å². The van der Waals surface area contributed by atoms with Crippen molar-refractivity contribution >= 4 is 23.3 Å². The van der Waals surface area contributed by atoms with E-state index in [9.17, 15) is 4.79 Å². The Morgan fingerprint density at radius 3 is 2.30 bits per heavy atom. The summed E-state index contributed by atoms with van der Waals surface area (Å²) in [7, 11) is 0. The molecule has 0 saturated carbocycles. The van der Waals surface area contributed by atoms with Gasteiger partial charge in [-0.3, -0.25) is 4.90 Å². The Balaban J connectivity index is 1.29. The van der Waals surface area contributed by atoms with Gasteiger partial charge in [-0.25, -0.2) is 4.79 Å². The Bertz CT molecular complexity index is 1330. The number of hydrogen-bond acceptors (Lipinski definition) is 2. The monoisotopic (exact) mass is 509 g/mol. The number of para-hydroxylation sites is 1. The molecule has 1 unspecified atom stereocenters. The molecule has 4 aromatic rings. The van der Waals surface area contributed by atoms with Gasteiger partial charge in [-0.05, 0) is 54.3 Å². The topological polar surface area (TPSA) is 35.6 Å². The van der Waals surface area contributed by atoms with Gasteiger partial charge in [-0.1, -0.05) is 96.0 Å². The average molecular weight is 510 g/mol. The van der Waals surface area contributed by atoms with Crippen LogP contribution in [0.4, 0.5) is 10.5 Å². The summed E-state index contributed by atoms with van der Waals surface area (Å²) in [5.74, 6) is 0. The van der Waals surface area contributed by atoms with E-state index < -0.39 is 0 Å². The van der Waals surface area contributed by atoms with Gasteiger partial charge in [-0.2, -0.15) is 0 Å². The lowest BCUT2D eigenvalue weighted by atomic mass is 10.0. The Morgan fingerprint density at radius 2 is 1.57 bits per heavy atom. The van der Waals surface area contributed by atoms with E-state index in [2.05, 4.69) is 71.7 Å². The summed E-state index contributed by atoms with van der Waals surface area (Å²) in [6.45, 7) is 5.27. The second-order valence-electron chi connectivity index (χ2n) is 9.75. The SMILES string of the molecule is Cc1ccc(Cl)c(-c2ccc(CN3CCN(C(=O)Nc4ccccc4)C(Cc4ccccc4)C3)cc2)c1. The molecule has 1 atom stereocenters. The summed E-state index contributed by atoms with van der Waals surface area (Å²) < 4.78 is 0. The van der Waals surface area contributed by atoms with Crippen LogP contribution in [0.5, 0.6) is 0 Å². The quantitative estimate of drug-likeness (QED) is 0.296. The Labute approximate surface area is 224 Å². The number of anilines is 1. The summed E-state index contributed by atoms with van der Waals surface area (Å²) in [6, 6.07) is 35.0. The van der Waals surface area contributed by atoms with Gasteiger partial charge >= 0.3 is 6.03 Å². The van der Waals surface area contributed by atoms with Gasteiger partial charge in [-0.15, -0.1) is 0 Å². The number of amides is 2. The number of piperazine rings is 1. The van der Waals surface area contributed by atoms with E-state index in [1.807, 2.05) is 53.4 Å². The standard InChI is InChI=1S/C32H32ClN3O/c1-24-12-17-31(33)30(20-24)27-15-13-26(14-16-27)22-35-18-19-36(32(37)34-28-10-6-3-7-11-28)29(23-35)21-25-8-4-2-5-9-25/h2-17,20,29H,18-19,21-23H2,1H3,(H,34,37). The van der Waals surface area contributed by atoms with Gasteiger partial charge in [0.25, 0.3) is 0 Å². The van der Waals surface area contributed by atoms with Crippen LogP contribution in [0, 0.1) is 6.92 Å². The van der Waals surface area contributed by atoms with Gasteiger partial charge in [0.1, 0.15) is 0 Å². The van der Waals surface area contributed by atoms with Crippen LogP contribution in [0.3, 0.4) is 0 Å². The average Bonchev–Trinajstić information content (AvgIpc) is 2.92. The number of urea groups is 1. The number of rotatable bonds is 6. The molecule has 4 aromatic carbocycles. The van der Waals surface area contributed by atoms with E-state index in [1.54, 1.807) is 0 Å². The molecule has 0 bridgehead atoms. The Hall–Kier alpha value is -3.60. The highest BCUT2D eigenvalue weighted by atomic mass is 35.5. The number of nitrogens with one attached hydrogen (secondary N) is 1. The van der Waals surface area contributed by atoms with Crippen molar-refractivity contribution in [1.29, 1.82) is 0 Å². The van der Waals surface area contributed by atoms with Crippen molar-refractivity contribution in [2.24, 2.45) is 0 Å². The largest absolute Gasteiger partial charge is 0.322 e.